The van der Waals surface area contributed by atoms with Crippen molar-refractivity contribution in [1.29, 1.82) is 0 Å². The molecule has 0 radical (unpaired) electrons. The maximum absolute atomic E-state index is 12.4. The highest BCUT2D eigenvalue weighted by Crippen LogP contribution is 2.22. The highest BCUT2D eigenvalue weighted by molar-refractivity contribution is 5.95. The molecule has 0 saturated heterocycles. The first-order valence-electron chi connectivity index (χ1n) is 11.8. The summed E-state index contributed by atoms with van der Waals surface area (Å²) in [6.07, 6.45) is 0. The van der Waals surface area contributed by atoms with E-state index in [1.54, 1.807) is 23.2 Å². The minimum Gasteiger partial charge on any atom is -0.489 e. The lowest BCUT2D eigenvalue weighted by atomic mass is 10.1. The Bertz CT molecular complexity index is 1400. The Morgan fingerprint density at radius 3 is 2.51 bits per heavy atom. The Morgan fingerprint density at radius 2 is 1.71 bits per heavy atom. The summed E-state index contributed by atoms with van der Waals surface area (Å²) in [5, 5.41) is 6.35. The summed E-state index contributed by atoms with van der Waals surface area (Å²) in [6.45, 7) is 5.73. The zero-order valence-electron chi connectivity index (χ0n) is 20.7. The van der Waals surface area contributed by atoms with Gasteiger partial charge in [-0.3, -0.25) is 13.9 Å². The zero-order chi connectivity index (χ0) is 24.9. The number of amides is 1. The smallest absolute Gasteiger partial charge is 0.328 e. The fourth-order valence-electron chi connectivity index (χ4n) is 3.96. The molecule has 3 aromatic carbocycles. The van der Waals surface area contributed by atoms with Crippen molar-refractivity contribution in [2.45, 2.75) is 27.0 Å². The molecule has 0 aliphatic carbocycles. The van der Waals surface area contributed by atoms with Gasteiger partial charge >= 0.3 is 5.69 Å². The third kappa shape index (κ3) is 5.57. The van der Waals surface area contributed by atoms with E-state index in [1.807, 2.05) is 66.7 Å². The number of anilines is 1. The van der Waals surface area contributed by atoms with Crippen LogP contribution in [0.1, 0.15) is 35.3 Å². The molecule has 4 rings (SSSR count). The van der Waals surface area contributed by atoms with Gasteiger partial charge < -0.3 is 15.4 Å². The first kappa shape index (κ1) is 24.1. The highest BCUT2D eigenvalue weighted by Gasteiger charge is 2.10. The van der Waals surface area contributed by atoms with Crippen LogP contribution in [0.15, 0.2) is 71.5 Å². The lowest BCUT2D eigenvalue weighted by Gasteiger charge is -2.14. The maximum Gasteiger partial charge on any atom is 0.328 e. The number of imidazole rings is 1. The molecule has 35 heavy (non-hydrogen) atoms. The van der Waals surface area contributed by atoms with Crippen LogP contribution in [0, 0.1) is 5.92 Å². The van der Waals surface area contributed by atoms with Crippen LogP contribution in [0.4, 0.5) is 5.69 Å². The number of carbonyl (C=O) groups excluding carboxylic acids is 1. The second kappa shape index (κ2) is 10.5. The van der Waals surface area contributed by atoms with Gasteiger partial charge in [0.2, 0.25) is 0 Å². The molecule has 0 atom stereocenters. The molecule has 0 fully saturated rings. The minimum absolute atomic E-state index is 0.0454. The average molecular weight is 473 g/mol. The van der Waals surface area contributed by atoms with E-state index in [-0.39, 0.29) is 11.6 Å². The SMILES string of the molecule is CC(C)CNC(=O)c1cccc(NCc2ccccc2OCc2ccc3c(c2)n(C)c(=O)n3C)c1. The molecule has 0 bridgehead atoms. The van der Waals surface area contributed by atoms with Crippen molar-refractivity contribution in [3.05, 3.63) is 93.9 Å². The summed E-state index contributed by atoms with van der Waals surface area (Å²) in [5.74, 6) is 1.12. The topological polar surface area (TPSA) is 77.3 Å². The monoisotopic (exact) mass is 472 g/mol. The summed E-state index contributed by atoms with van der Waals surface area (Å²) in [4.78, 5) is 24.6. The lowest BCUT2D eigenvalue weighted by Crippen LogP contribution is -2.27. The Kier molecular flexibility index (Phi) is 7.25. The number of ether oxygens (including phenoxy) is 1. The van der Waals surface area contributed by atoms with Crippen LogP contribution in [0.25, 0.3) is 11.0 Å². The number of fused-ring (bicyclic) bond motifs is 1. The van der Waals surface area contributed by atoms with E-state index in [2.05, 4.69) is 24.5 Å². The number of para-hydroxylation sites is 1. The molecule has 1 aromatic heterocycles. The third-order valence-electron chi connectivity index (χ3n) is 5.98. The van der Waals surface area contributed by atoms with Crippen LogP contribution in [0.3, 0.4) is 0 Å². The van der Waals surface area contributed by atoms with E-state index >= 15 is 0 Å². The molecule has 1 amide bonds. The van der Waals surface area contributed by atoms with Crippen molar-refractivity contribution >= 4 is 22.6 Å². The summed E-state index contributed by atoms with van der Waals surface area (Å²) in [6, 6.07) is 21.3. The Balaban J connectivity index is 1.42. The lowest BCUT2D eigenvalue weighted by molar-refractivity contribution is 0.0949. The first-order chi connectivity index (χ1) is 16.8. The molecule has 0 saturated carbocycles. The highest BCUT2D eigenvalue weighted by atomic mass is 16.5. The molecule has 0 spiro atoms. The van der Waals surface area contributed by atoms with Gasteiger partial charge in [0.05, 0.1) is 11.0 Å². The normalized spacial score (nSPS) is 11.1. The summed E-state index contributed by atoms with van der Waals surface area (Å²) < 4.78 is 9.44. The summed E-state index contributed by atoms with van der Waals surface area (Å²) >= 11 is 0. The van der Waals surface area contributed by atoms with E-state index in [4.69, 9.17) is 4.74 Å². The van der Waals surface area contributed by atoms with E-state index < -0.39 is 0 Å². The van der Waals surface area contributed by atoms with Gasteiger partial charge in [-0.2, -0.15) is 0 Å². The molecular weight excluding hydrogens is 440 g/mol. The average Bonchev–Trinajstić information content (AvgIpc) is 3.08. The Labute approximate surface area is 205 Å². The van der Waals surface area contributed by atoms with Crippen molar-refractivity contribution < 1.29 is 9.53 Å². The number of nitrogens with one attached hydrogen (secondary N) is 2. The van der Waals surface area contributed by atoms with Crippen molar-refractivity contribution in [2.75, 3.05) is 11.9 Å². The number of nitrogens with zero attached hydrogens (tertiary/aromatic N) is 2. The summed E-state index contributed by atoms with van der Waals surface area (Å²) in [5.41, 5.74) is 5.23. The van der Waals surface area contributed by atoms with Gasteiger partial charge in [-0.1, -0.05) is 44.2 Å². The Hall–Kier alpha value is -4.00. The number of rotatable bonds is 9. The van der Waals surface area contributed by atoms with E-state index in [0.29, 0.717) is 31.2 Å². The number of benzene rings is 3. The van der Waals surface area contributed by atoms with E-state index in [0.717, 1.165) is 33.6 Å². The molecule has 0 aliphatic rings. The molecule has 2 N–H and O–H groups in total. The fourth-order valence-corrected chi connectivity index (χ4v) is 3.96. The van der Waals surface area contributed by atoms with Crippen LogP contribution in [0.5, 0.6) is 5.75 Å². The van der Waals surface area contributed by atoms with Gasteiger partial charge in [0, 0.05) is 44.0 Å². The van der Waals surface area contributed by atoms with Gasteiger partial charge in [0.25, 0.3) is 5.91 Å². The zero-order valence-corrected chi connectivity index (χ0v) is 20.7. The van der Waals surface area contributed by atoms with Crippen molar-refractivity contribution in [3.8, 4) is 5.75 Å². The standard InChI is InChI=1S/C28H32N4O3/c1-19(2)16-30-27(33)21-9-7-10-23(15-21)29-17-22-8-5-6-11-26(22)35-18-20-12-13-24-25(14-20)32(4)28(34)31(24)3/h5-15,19,29H,16-18H2,1-4H3,(H,30,33). The fraction of sp³-hybridized carbons (Fsp3) is 0.286. The number of aryl methyl sites for hydroxylation is 2. The second-order valence-corrected chi connectivity index (χ2v) is 9.16. The molecule has 0 unspecified atom stereocenters. The van der Waals surface area contributed by atoms with Crippen molar-refractivity contribution in [2.24, 2.45) is 20.0 Å². The van der Waals surface area contributed by atoms with E-state index in [9.17, 15) is 9.59 Å². The molecule has 182 valence electrons. The summed E-state index contributed by atoms with van der Waals surface area (Å²) in [7, 11) is 3.55. The second-order valence-electron chi connectivity index (χ2n) is 9.16. The van der Waals surface area contributed by atoms with Crippen LogP contribution >= 0.6 is 0 Å². The molecule has 4 aromatic rings. The van der Waals surface area contributed by atoms with Crippen LogP contribution in [0.2, 0.25) is 0 Å². The van der Waals surface area contributed by atoms with Gasteiger partial charge in [-0.25, -0.2) is 4.79 Å². The molecule has 7 heteroatoms. The van der Waals surface area contributed by atoms with Crippen LogP contribution in [-0.4, -0.2) is 21.6 Å². The van der Waals surface area contributed by atoms with E-state index in [1.165, 1.54) is 0 Å². The van der Waals surface area contributed by atoms with Crippen LogP contribution < -0.4 is 21.1 Å². The molecule has 7 nitrogen and oxygen atoms in total. The minimum atomic E-state index is -0.0704. The quantitative estimate of drug-likeness (QED) is 0.377. The number of hydrogen-bond donors (Lipinski definition) is 2. The van der Waals surface area contributed by atoms with Gasteiger partial charge in [0.1, 0.15) is 12.4 Å². The predicted molar refractivity (Wildman–Crippen MR) is 140 cm³/mol. The molecule has 1 heterocycles. The first-order valence-corrected chi connectivity index (χ1v) is 11.8. The number of aromatic nitrogens is 2. The van der Waals surface area contributed by atoms with Gasteiger partial charge in [-0.15, -0.1) is 0 Å². The molecular formula is C28H32N4O3. The van der Waals surface area contributed by atoms with Gasteiger partial charge in [0.15, 0.2) is 0 Å². The van der Waals surface area contributed by atoms with Gasteiger partial charge in [-0.05, 0) is 47.9 Å². The number of carbonyl (C=O) groups is 1. The third-order valence-corrected chi connectivity index (χ3v) is 5.98. The molecule has 0 aliphatic heterocycles. The maximum atomic E-state index is 12.4. The Morgan fingerprint density at radius 1 is 0.943 bits per heavy atom. The van der Waals surface area contributed by atoms with Crippen LogP contribution in [-0.2, 0) is 27.2 Å². The predicted octanol–water partition coefficient (Wildman–Crippen LogP) is 4.45. The van der Waals surface area contributed by atoms with Crippen molar-refractivity contribution in [3.63, 3.8) is 0 Å². The number of hydrogen-bond acceptors (Lipinski definition) is 4. The largest absolute Gasteiger partial charge is 0.489 e. The van der Waals surface area contributed by atoms with Crippen molar-refractivity contribution in [1.82, 2.24) is 14.5 Å².